The molecule has 1 aromatic rings. The van der Waals surface area contributed by atoms with Gasteiger partial charge >= 0.3 is 0 Å². The van der Waals surface area contributed by atoms with Crippen molar-refractivity contribution < 1.29 is 13.6 Å². The van der Waals surface area contributed by atoms with Crippen LogP contribution in [0.25, 0.3) is 0 Å². The number of carbonyl (C=O) groups excluding carboxylic acids is 1. The molecule has 1 heterocycles. The highest BCUT2D eigenvalue weighted by molar-refractivity contribution is 5.94. The number of hydrogen-bond donors (Lipinski definition) is 1. The summed E-state index contributed by atoms with van der Waals surface area (Å²) in [6.45, 7) is 3.30. The highest BCUT2D eigenvalue weighted by atomic mass is 19.2. The van der Waals surface area contributed by atoms with Crippen molar-refractivity contribution >= 4 is 5.91 Å². The molecule has 1 N–H and O–H groups in total. The van der Waals surface area contributed by atoms with Crippen molar-refractivity contribution in [3.8, 4) is 0 Å². The molecule has 3 nitrogen and oxygen atoms in total. The number of rotatable bonds is 4. The van der Waals surface area contributed by atoms with Gasteiger partial charge in [-0.3, -0.25) is 4.79 Å². The van der Waals surface area contributed by atoms with Crippen molar-refractivity contribution in [3.63, 3.8) is 0 Å². The molecule has 0 unspecified atom stereocenters. The van der Waals surface area contributed by atoms with E-state index in [9.17, 15) is 13.6 Å². The van der Waals surface area contributed by atoms with Crippen LogP contribution in [0.3, 0.4) is 0 Å². The zero-order chi connectivity index (χ0) is 14.4. The van der Waals surface area contributed by atoms with Crippen LogP contribution < -0.4 is 5.32 Å². The van der Waals surface area contributed by atoms with Crippen LogP contribution in [0, 0.1) is 11.6 Å². The zero-order valence-electron chi connectivity index (χ0n) is 11.5. The number of benzene rings is 1. The van der Waals surface area contributed by atoms with Gasteiger partial charge in [0.2, 0.25) is 0 Å². The van der Waals surface area contributed by atoms with Gasteiger partial charge < -0.3 is 10.2 Å². The Bertz CT molecular complexity index is 457. The first kappa shape index (κ1) is 14.9. The van der Waals surface area contributed by atoms with Gasteiger partial charge in [-0.15, -0.1) is 0 Å². The molecule has 2 rings (SSSR count). The summed E-state index contributed by atoms with van der Waals surface area (Å²) in [5, 5.41) is 2.65. The van der Waals surface area contributed by atoms with Crippen LogP contribution in [0.2, 0.25) is 0 Å². The van der Waals surface area contributed by atoms with Crippen molar-refractivity contribution in [2.75, 3.05) is 26.2 Å². The smallest absolute Gasteiger partial charge is 0.254 e. The lowest BCUT2D eigenvalue weighted by Crippen LogP contribution is -2.35. The van der Waals surface area contributed by atoms with Crippen LogP contribution in [0.15, 0.2) is 18.2 Å². The Kier molecular flexibility index (Phi) is 5.47. The molecule has 5 heteroatoms. The SMILES string of the molecule is O=C(NCCN1CCCCCC1)c1cccc(F)c1F. The third kappa shape index (κ3) is 4.00. The standard InChI is InChI=1S/C15H20F2N2O/c16-13-7-5-6-12(14(13)17)15(20)18-8-11-19-9-3-1-2-4-10-19/h5-7H,1-4,8-11H2,(H,18,20). The van der Waals surface area contributed by atoms with Crippen LogP contribution >= 0.6 is 0 Å². The van der Waals surface area contributed by atoms with E-state index in [1.807, 2.05) is 0 Å². The number of likely N-dealkylation sites (tertiary alicyclic amines) is 1. The van der Waals surface area contributed by atoms with Crippen LogP contribution in [0.4, 0.5) is 8.78 Å². The molecule has 1 aliphatic heterocycles. The average Bonchev–Trinajstić information content (AvgIpc) is 2.70. The highest BCUT2D eigenvalue weighted by Crippen LogP contribution is 2.11. The normalized spacial score (nSPS) is 16.7. The van der Waals surface area contributed by atoms with E-state index in [1.54, 1.807) is 0 Å². The monoisotopic (exact) mass is 282 g/mol. The van der Waals surface area contributed by atoms with Gasteiger partial charge in [0.15, 0.2) is 11.6 Å². The van der Waals surface area contributed by atoms with Crippen LogP contribution in [0.1, 0.15) is 36.0 Å². The van der Waals surface area contributed by atoms with Crippen molar-refractivity contribution in [2.45, 2.75) is 25.7 Å². The van der Waals surface area contributed by atoms with Gasteiger partial charge in [-0.1, -0.05) is 18.9 Å². The van der Waals surface area contributed by atoms with E-state index in [-0.39, 0.29) is 5.56 Å². The van der Waals surface area contributed by atoms with Crippen LogP contribution in [-0.2, 0) is 0 Å². The Balaban J connectivity index is 1.81. The van der Waals surface area contributed by atoms with Crippen molar-refractivity contribution in [1.82, 2.24) is 10.2 Å². The molecule has 20 heavy (non-hydrogen) atoms. The fourth-order valence-corrected chi connectivity index (χ4v) is 2.46. The summed E-state index contributed by atoms with van der Waals surface area (Å²) >= 11 is 0. The van der Waals surface area contributed by atoms with Gasteiger partial charge in [-0.2, -0.15) is 0 Å². The molecular formula is C15H20F2N2O. The lowest BCUT2D eigenvalue weighted by molar-refractivity contribution is 0.0943. The quantitative estimate of drug-likeness (QED) is 0.920. The molecule has 1 amide bonds. The average molecular weight is 282 g/mol. The summed E-state index contributed by atoms with van der Waals surface area (Å²) in [5.74, 6) is -2.64. The number of carbonyl (C=O) groups is 1. The lowest BCUT2D eigenvalue weighted by Gasteiger charge is -2.19. The molecule has 0 aromatic heterocycles. The van der Waals surface area contributed by atoms with E-state index in [2.05, 4.69) is 10.2 Å². The van der Waals surface area contributed by atoms with E-state index < -0.39 is 17.5 Å². The van der Waals surface area contributed by atoms with E-state index in [4.69, 9.17) is 0 Å². The van der Waals surface area contributed by atoms with Gasteiger partial charge in [0.05, 0.1) is 5.56 Å². The summed E-state index contributed by atoms with van der Waals surface area (Å²) in [6, 6.07) is 3.63. The van der Waals surface area contributed by atoms with E-state index in [1.165, 1.54) is 37.8 Å². The second-order valence-corrected chi connectivity index (χ2v) is 5.11. The number of halogens is 2. The minimum atomic E-state index is -1.08. The largest absolute Gasteiger partial charge is 0.351 e. The molecule has 0 saturated carbocycles. The maximum atomic E-state index is 13.4. The number of hydrogen-bond acceptors (Lipinski definition) is 2. The molecule has 0 radical (unpaired) electrons. The summed E-state index contributed by atoms with van der Waals surface area (Å²) in [4.78, 5) is 14.1. The summed E-state index contributed by atoms with van der Waals surface area (Å²) in [5.41, 5.74) is -0.235. The molecule has 110 valence electrons. The number of nitrogens with zero attached hydrogens (tertiary/aromatic N) is 1. The highest BCUT2D eigenvalue weighted by Gasteiger charge is 2.15. The summed E-state index contributed by atoms with van der Waals surface area (Å²) in [6.07, 6.45) is 4.90. The maximum Gasteiger partial charge on any atom is 0.254 e. The first-order valence-corrected chi connectivity index (χ1v) is 7.13. The molecule has 1 fully saturated rings. The molecule has 1 aliphatic rings. The van der Waals surface area contributed by atoms with Crippen molar-refractivity contribution in [2.24, 2.45) is 0 Å². The van der Waals surface area contributed by atoms with E-state index in [0.29, 0.717) is 6.54 Å². The first-order valence-electron chi connectivity index (χ1n) is 7.13. The molecule has 0 spiro atoms. The molecule has 1 saturated heterocycles. The third-order valence-electron chi connectivity index (χ3n) is 3.61. The predicted octanol–water partition coefficient (Wildman–Crippen LogP) is 2.57. The van der Waals surface area contributed by atoms with Gasteiger partial charge in [0.25, 0.3) is 5.91 Å². The Hall–Kier alpha value is -1.49. The van der Waals surface area contributed by atoms with E-state index in [0.717, 1.165) is 25.7 Å². The second kappa shape index (κ2) is 7.33. The predicted molar refractivity (Wildman–Crippen MR) is 73.6 cm³/mol. The zero-order valence-corrected chi connectivity index (χ0v) is 11.5. The van der Waals surface area contributed by atoms with Crippen LogP contribution in [0.5, 0.6) is 0 Å². The molecule has 0 aliphatic carbocycles. The third-order valence-corrected chi connectivity index (χ3v) is 3.61. The molecule has 0 atom stereocenters. The van der Waals surface area contributed by atoms with E-state index >= 15 is 0 Å². The molecular weight excluding hydrogens is 262 g/mol. The molecule has 1 aromatic carbocycles. The maximum absolute atomic E-state index is 13.4. The minimum absolute atomic E-state index is 0.235. The Morgan fingerprint density at radius 2 is 1.85 bits per heavy atom. The summed E-state index contributed by atoms with van der Waals surface area (Å²) < 4.78 is 26.5. The fraction of sp³-hybridized carbons (Fsp3) is 0.533. The number of nitrogens with one attached hydrogen (secondary N) is 1. The fourth-order valence-electron chi connectivity index (χ4n) is 2.46. The van der Waals surface area contributed by atoms with Gasteiger partial charge in [0.1, 0.15) is 0 Å². The van der Waals surface area contributed by atoms with Crippen LogP contribution in [-0.4, -0.2) is 37.0 Å². The van der Waals surface area contributed by atoms with Gasteiger partial charge in [-0.25, -0.2) is 8.78 Å². The Morgan fingerprint density at radius 3 is 2.55 bits per heavy atom. The minimum Gasteiger partial charge on any atom is -0.351 e. The van der Waals surface area contributed by atoms with Gasteiger partial charge in [0, 0.05) is 13.1 Å². The first-order chi connectivity index (χ1) is 9.68. The topological polar surface area (TPSA) is 32.3 Å². The second-order valence-electron chi connectivity index (χ2n) is 5.11. The van der Waals surface area contributed by atoms with Crippen molar-refractivity contribution in [3.05, 3.63) is 35.4 Å². The van der Waals surface area contributed by atoms with Gasteiger partial charge in [-0.05, 0) is 38.1 Å². The summed E-state index contributed by atoms with van der Waals surface area (Å²) in [7, 11) is 0. The lowest BCUT2D eigenvalue weighted by atomic mass is 10.2. The van der Waals surface area contributed by atoms with Crippen molar-refractivity contribution in [1.29, 1.82) is 0 Å². The number of amides is 1. The molecule has 0 bridgehead atoms. The Morgan fingerprint density at radius 1 is 1.15 bits per heavy atom. The Labute approximate surface area is 118 Å².